The first kappa shape index (κ1) is 13.8. The van der Waals surface area contributed by atoms with Crippen LogP contribution in [0.15, 0.2) is 70.6 Å². The highest BCUT2D eigenvalue weighted by Gasteiger charge is 2.25. The van der Waals surface area contributed by atoms with Crippen molar-refractivity contribution in [2.24, 2.45) is 9.98 Å². The van der Waals surface area contributed by atoms with Crippen LogP contribution in [-0.4, -0.2) is 25.3 Å². The largest absolute Gasteiger partial charge is 0.462 e. The predicted molar refractivity (Wildman–Crippen MR) is 88.3 cm³/mol. The second kappa shape index (κ2) is 6.12. The van der Waals surface area contributed by atoms with Gasteiger partial charge in [0.25, 0.3) is 12.0 Å². The summed E-state index contributed by atoms with van der Waals surface area (Å²) in [5.74, 6) is 0. The average molecular weight is 307 g/mol. The first-order valence-electron chi connectivity index (χ1n) is 7.66. The lowest BCUT2D eigenvalue weighted by Crippen LogP contribution is -2.30. The van der Waals surface area contributed by atoms with Crippen LogP contribution in [0.2, 0.25) is 0 Å². The van der Waals surface area contributed by atoms with Gasteiger partial charge in [-0.1, -0.05) is 60.7 Å². The van der Waals surface area contributed by atoms with Gasteiger partial charge in [-0.15, -0.1) is 0 Å². The Hall–Kier alpha value is -2.82. The van der Waals surface area contributed by atoms with Gasteiger partial charge in [0, 0.05) is 0 Å². The molecular formula is C18H17N3O2. The molecule has 5 heteroatoms. The Morgan fingerprint density at radius 3 is 1.57 bits per heavy atom. The van der Waals surface area contributed by atoms with Crippen molar-refractivity contribution >= 4 is 12.0 Å². The van der Waals surface area contributed by atoms with Gasteiger partial charge in [-0.3, -0.25) is 5.32 Å². The van der Waals surface area contributed by atoms with Crippen LogP contribution in [0.3, 0.4) is 0 Å². The number of aliphatic imine (C=N–C) groups is 2. The number of benzene rings is 2. The molecule has 2 aromatic carbocycles. The Bertz CT molecular complexity index is 665. The van der Waals surface area contributed by atoms with Crippen LogP contribution in [0.25, 0.3) is 0 Å². The van der Waals surface area contributed by atoms with Crippen LogP contribution in [0, 0.1) is 0 Å². The molecule has 0 unspecified atom stereocenters. The fourth-order valence-corrected chi connectivity index (χ4v) is 2.67. The minimum Gasteiger partial charge on any atom is -0.462 e. The van der Waals surface area contributed by atoms with Gasteiger partial charge in [0.1, 0.15) is 25.3 Å². The molecule has 0 fully saturated rings. The van der Waals surface area contributed by atoms with E-state index in [1.165, 1.54) is 0 Å². The van der Waals surface area contributed by atoms with E-state index in [2.05, 4.69) is 39.6 Å². The number of nitrogens with one attached hydrogen (secondary N) is 1. The molecule has 1 N–H and O–H groups in total. The molecule has 0 saturated carbocycles. The third-order valence-electron chi connectivity index (χ3n) is 3.88. The fourth-order valence-electron chi connectivity index (χ4n) is 2.67. The van der Waals surface area contributed by atoms with Crippen LogP contribution in [0.1, 0.15) is 23.2 Å². The topological polar surface area (TPSA) is 55.2 Å². The molecule has 23 heavy (non-hydrogen) atoms. The number of rotatable bonds is 2. The van der Waals surface area contributed by atoms with E-state index in [0.717, 1.165) is 11.1 Å². The van der Waals surface area contributed by atoms with Crippen molar-refractivity contribution in [2.75, 3.05) is 13.2 Å². The van der Waals surface area contributed by atoms with E-state index in [4.69, 9.17) is 9.47 Å². The third-order valence-corrected chi connectivity index (χ3v) is 3.88. The molecule has 5 nitrogen and oxygen atoms in total. The van der Waals surface area contributed by atoms with Gasteiger partial charge in [-0.25, -0.2) is 9.98 Å². The minimum atomic E-state index is 0.0191. The van der Waals surface area contributed by atoms with Crippen molar-refractivity contribution in [2.45, 2.75) is 12.1 Å². The molecule has 116 valence electrons. The van der Waals surface area contributed by atoms with Crippen molar-refractivity contribution in [3.05, 3.63) is 71.8 Å². The molecule has 0 aromatic heterocycles. The molecule has 2 aliphatic rings. The van der Waals surface area contributed by atoms with Gasteiger partial charge in [-0.05, 0) is 11.1 Å². The fraction of sp³-hybridized carbons (Fsp3) is 0.222. The maximum Gasteiger partial charge on any atom is 0.293 e. The lowest BCUT2D eigenvalue weighted by Gasteiger charge is -2.03. The van der Waals surface area contributed by atoms with Gasteiger partial charge in [0.05, 0.1) is 0 Å². The number of hydrogen-bond donors (Lipinski definition) is 1. The summed E-state index contributed by atoms with van der Waals surface area (Å²) in [5.41, 5.74) is 2.28. The predicted octanol–water partition coefficient (Wildman–Crippen LogP) is 2.83. The van der Waals surface area contributed by atoms with Crippen LogP contribution >= 0.6 is 0 Å². The lowest BCUT2D eigenvalue weighted by molar-refractivity contribution is 0.293. The van der Waals surface area contributed by atoms with Crippen LogP contribution in [0.5, 0.6) is 0 Å². The average Bonchev–Trinajstić information content (AvgIpc) is 3.27. The first-order valence-corrected chi connectivity index (χ1v) is 7.66. The standard InChI is InChI=1S/C18H17N3O2/c1-3-7-13(8-4-1)15-11-22-17(19-15)21-18-20-16(12-23-18)14-9-5-2-6-10-14/h1-10,15-16H,11-12H2,(H,19,20,21)/t15-,16-/m0/s1. The molecule has 0 amide bonds. The smallest absolute Gasteiger partial charge is 0.293 e. The van der Waals surface area contributed by atoms with Gasteiger partial charge < -0.3 is 9.47 Å². The van der Waals surface area contributed by atoms with Gasteiger partial charge in [0.2, 0.25) is 0 Å². The molecule has 0 bridgehead atoms. The summed E-state index contributed by atoms with van der Waals surface area (Å²) in [7, 11) is 0. The molecule has 2 heterocycles. The minimum absolute atomic E-state index is 0.0191. The summed E-state index contributed by atoms with van der Waals surface area (Å²) in [4.78, 5) is 9.08. The number of hydrogen-bond acceptors (Lipinski definition) is 5. The normalized spacial score (nSPS) is 22.8. The van der Waals surface area contributed by atoms with Crippen molar-refractivity contribution in [1.82, 2.24) is 5.32 Å². The molecule has 0 saturated heterocycles. The van der Waals surface area contributed by atoms with Gasteiger partial charge >= 0.3 is 0 Å². The molecule has 2 aliphatic heterocycles. The van der Waals surface area contributed by atoms with Crippen molar-refractivity contribution in [3.8, 4) is 0 Å². The summed E-state index contributed by atoms with van der Waals surface area (Å²) < 4.78 is 11.2. The van der Waals surface area contributed by atoms with E-state index in [1.807, 2.05) is 36.4 Å². The van der Waals surface area contributed by atoms with Gasteiger partial charge in [-0.2, -0.15) is 0 Å². The Morgan fingerprint density at radius 2 is 1.13 bits per heavy atom. The zero-order chi connectivity index (χ0) is 15.5. The van der Waals surface area contributed by atoms with E-state index in [1.54, 1.807) is 0 Å². The molecule has 4 rings (SSSR count). The van der Waals surface area contributed by atoms with E-state index < -0.39 is 0 Å². The third kappa shape index (κ3) is 3.04. The summed E-state index contributed by atoms with van der Waals surface area (Å²) in [5, 5.41) is 3.03. The van der Waals surface area contributed by atoms with Crippen molar-refractivity contribution in [3.63, 3.8) is 0 Å². The highest BCUT2D eigenvalue weighted by atomic mass is 16.5. The summed E-state index contributed by atoms with van der Waals surface area (Å²) in [6, 6.07) is 21.2. The molecular weight excluding hydrogens is 290 g/mol. The monoisotopic (exact) mass is 307 g/mol. The second-order valence-electron chi connectivity index (χ2n) is 5.47. The maximum atomic E-state index is 5.60. The number of ether oxygens (including phenoxy) is 2. The number of amidine groups is 2. The van der Waals surface area contributed by atoms with Crippen LogP contribution in [-0.2, 0) is 9.47 Å². The maximum absolute atomic E-state index is 5.60. The molecule has 0 radical (unpaired) electrons. The zero-order valence-electron chi connectivity index (χ0n) is 12.6. The second-order valence-corrected chi connectivity index (χ2v) is 5.47. The Balaban J connectivity index is 1.43. The highest BCUT2D eigenvalue weighted by molar-refractivity contribution is 5.94. The Kier molecular flexibility index (Phi) is 3.68. The summed E-state index contributed by atoms with van der Waals surface area (Å²) >= 11 is 0. The summed E-state index contributed by atoms with van der Waals surface area (Å²) in [6.07, 6.45) is 0. The van der Waals surface area contributed by atoms with Crippen LogP contribution in [0.4, 0.5) is 0 Å². The first-order chi connectivity index (χ1) is 11.4. The van der Waals surface area contributed by atoms with Gasteiger partial charge in [0.15, 0.2) is 0 Å². The molecule has 2 atom stereocenters. The molecule has 2 aromatic rings. The number of nitrogens with zero attached hydrogens (tertiary/aromatic N) is 2. The molecule has 0 aliphatic carbocycles. The van der Waals surface area contributed by atoms with E-state index >= 15 is 0 Å². The van der Waals surface area contributed by atoms with E-state index in [-0.39, 0.29) is 12.1 Å². The van der Waals surface area contributed by atoms with E-state index in [0.29, 0.717) is 25.3 Å². The molecule has 0 spiro atoms. The zero-order valence-corrected chi connectivity index (χ0v) is 12.6. The quantitative estimate of drug-likeness (QED) is 0.928. The van der Waals surface area contributed by atoms with Crippen LogP contribution < -0.4 is 5.32 Å². The van der Waals surface area contributed by atoms with Crippen molar-refractivity contribution in [1.29, 1.82) is 0 Å². The van der Waals surface area contributed by atoms with Crippen molar-refractivity contribution < 1.29 is 9.47 Å². The summed E-state index contributed by atoms with van der Waals surface area (Å²) in [6.45, 7) is 1.06. The highest BCUT2D eigenvalue weighted by Crippen LogP contribution is 2.24. The lowest BCUT2D eigenvalue weighted by atomic mass is 10.1. The Morgan fingerprint density at radius 1 is 0.696 bits per heavy atom. The Labute approximate surface area is 134 Å². The van der Waals surface area contributed by atoms with E-state index in [9.17, 15) is 0 Å². The SMILES string of the molecule is c1ccc([C@@H]2COC(NC3=N[C@H](c4ccccc4)CO3)=N2)cc1.